The minimum atomic E-state index is -1.38. The first kappa shape index (κ1) is 46.0. The van der Waals surface area contributed by atoms with Gasteiger partial charge < -0.3 is 34.2 Å². The Morgan fingerprint density at radius 1 is 0.953 bits per heavy atom. The molecular formula is C53H68FN3O7. The Balaban J connectivity index is 1.29. The van der Waals surface area contributed by atoms with Crippen LogP contribution in [0.25, 0.3) is 0 Å². The van der Waals surface area contributed by atoms with Crippen LogP contribution in [-0.2, 0) is 27.5 Å². The van der Waals surface area contributed by atoms with E-state index in [0.29, 0.717) is 44.0 Å². The van der Waals surface area contributed by atoms with Crippen molar-refractivity contribution in [1.29, 1.82) is 0 Å². The topological polar surface area (TPSA) is 113 Å². The van der Waals surface area contributed by atoms with Crippen LogP contribution in [0.1, 0.15) is 106 Å². The zero-order valence-corrected chi connectivity index (χ0v) is 37.5. The van der Waals surface area contributed by atoms with E-state index in [0.717, 1.165) is 98.3 Å². The number of aliphatic hydroxyl groups is 2. The lowest BCUT2D eigenvalue weighted by Gasteiger charge is -2.60. The maximum atomic E-state index is 15.2. The third-order valence-electron chi connectivity index (χ3n) is 14.3. The number of allylic oxidation sites excluding steroid dienone is 1. The summed E-state index contributed by atoms with van der Waals surface area (Å²) in [6.07, 6.45) is 15.0. The number of hydrogen-bond donors (Lipinski definition) is 2. The summed E-state index contributed by atoms with van der Waals surface area (Å²) in [5.41, 5.74) is 4.57. The normalized spacial score (nSPS) is 25.5. The molecule has 0 bridgehead atoms. The molecule has 0 aromatic heterocycles. The first-order chi connectivity index (χ1) is 31.4. The van der Waals surface area contributed by atoms with Gasteiger partial charge in [-0.2, -0.15) is 0 Å². The third-order valence-corrected chi connectivity index (χ3v) is 14.3. The van der Waals surface area contributed by atoms with Gasteiger partial charge in [0.1, 0.15) is 36.6 Å². The predicted octanol–water partition coefficient (Wildman–Crippen LogP) is 9.35. The summed E-state index contributed by atoms with van der Waals surface area (Å²) in [6.45, 7) is 8.64. The van der Waals surface area contributed by atoms with Crippen LogP contribution in [-0.4, -0.2) is 89.5 Å². The molecule has 3 fully saturated rings. The molecule has 344 valence electrons. The Labute approximate surface area is 379 Å². The number of nitrogens with zero attached hydrogens (tertiary/aromatic N) is 3. The van der Waals surface area contributed by atoms with Gasteiger partial charge in [0.15, 0.2) is 0 Å². The van der Waals surface area contributed by atoms with Gasteiger partial charge in [-0.15, -0.1) is 6.58 Å². The van der Waals surface area contributed by atoms with E-state index in [2.05, 4.69) is 23.6 Å². The van der Waals surface area contributed by atoms with E-state index in [1.165, 1.54) is 25.0 Å². The molecule has 8 rings (SSSR count). The van der Waals surface area contributed by atoms with Crippen molar-refractivity contribution in [3.63, 3.8) is 0 Å². The molecule has 1 amide bonds. The van der Waals surface area contributed by atoms with Crippen LogP contribution >= 0.6 is 0 Å². The molecular weight excluding hydrogens is 810 g/mol. The van der Waals surface area contributed by atoms with E-state index < -0.39 is 17.7 Å². The SMILES string of the molecule is C=CCO[C@@]12Oc3ccc(OCCN4CC4)cc3[C@H]3[C@H](CCCCO)[C@@H](CCCCO)C=C(C(=NOCc4ccccc4)C[C@@H]1N(Cc1ccc(F)cc1)C(=O)CCC1CCCC1)[C@H]32. The molecule has 5 aliphatic rings. The number of halogens is 1. The van der Waals surface area contributed by atoms with Crippen LogP contribution in [0.3, 0.4) is 0 Å². The Hall–Kier alpha value is -4.55. The van der Waals surface area contributed by atoms with Gasteiger partial charge in [0.05, 0.1) is 18.2 Å². The zero-order valence-electron chi connectivity index (χ0n) is 37.5. The number of oxime groups is 1. The standard InChI is InChI=1S/C53H68FN3O7/c1-2-31-62-53-49(57(36-39-18-21-42(54)22-19-39)50(60)25-20-38-12-6-7-13-38)35-47(55-63-37-40-14-4-3-5-15-40)45-33-41(16-8-10-29-58)44(17-9-11-30-59)51(52(45)53)46-34-43(23-24-48(46)64-53)61-32-28-56-26-27-56/h2-5,14-15,18-19,21-24,33-34,38,41,44,49,51-52,58-59H,1,6-13,16-17,20,25-32,35-37H2/t41-,44+,49-,51+,52+,53+/m0/s1. The van der Waals surface area contributed by atoms with E-state index in [-0.39, 0.29) is 62.5 Å². The summed E-state index contributed by atoms with van der Waals surface area (Å²) >= 11 is 0. The molecule has 64 heavy (non-hydrogen) atoms. The lowest BCUT2D eigenvalue weighted by molar-refractivity contribution is -0.258. The van der Waals surface area contributed by atoms with E-state index in [9.17, 15) is 14.6 Å². The van der Waals surface area contributed by atoms with Gasteiger partial charge in [-0.25, -0.2) is 4.39 Å². The first-order valence-corrected chi connectivity index (χ1v) is 24.0. The second-order valence-electron chi connectivity index (χ2n) is 18.6. The van der Waals surface area contributed by atoms with Gasteiger partial charge in [0.25, 0.3) is 0 Å². The van der Waals surface area contributed by atoms with E-state index in [1.807, 2.05) is 47.4 Å². The van der Waals surface area contributed by atoms with Crippen LogP contribution < -0.4 is 9.47 Å². The molecule has 6 atom stereocenters. The molecule has 2 aliphatic heterocycles. The minimum absolute atomic E-state index is 0.00179. The molecule has 0 spiro atoms. The van der Waals surface area contributed by atoms with Crippen LogP contribution in [0.15, 0.2) is 102 Å². The van der Waals surface area contributed by atoms with Crippen molar-refractivity contribution >= 4 is 11.6 Å². The van der Waals surface area contributed by atoms with E-state index in [1.54, 1.807) is 18.2 Å². The highest BCUT2D eigenvalue weighted by Crippen LogP contribution is 2.62. The highest BCUT2D eigenvalue weighted by Gasteiger charge is 2.65. The maximum Gasteiger partial charge on any atom is 0.239 e. The number of carbonyl (C=O) groups excluding carboxylic acids is 1. The highest BCUT2D eigenvalue weighted by atomic mass is 19.1. The Bertz CT molecular complexity index is 2050. The molecule has 2 heterocycles. The number of aliphatic hydroxyl groups excluding tert-OH is 2. The van der Waals surface area contributed by atoms with Crippen molar-refractivity contribution < 1.29 is 38.4 Å². The van der Waals surface area contributed by atoms with Crippen molar-refractivity contribution in [3.05, 3.63) is 120 Å². The smallest absolute Gasteiger partial charge is 0.239 e. The molecule has 11 heteroatoms. The monoisotopic (exact) mass is 878 g/mol. The Morgan fingerprint density at radius 3 is 2.45 bits per heavy atom. The molecule has 10 nitrogen and oxygen atoms in total. The number of unbranched alkanes of at least 4 members (excludes halogenated alkanes) is 2. The van der Waals surface area contributed by atoms with Gasteiger partial charge in [0.2, 0.25) is 11.7 Å². The summed E-state index contributed by atoms with van der Waals surface area (Å²) in [5, 5.41) is 25.0. The molecule has 3 aromatic rings. The van der Waals surface area contributed by atoms with Crippen molar-refractivity contribution in [2.45, 2.75) is 114 Å². The highest BCUT2D eigenvalue weighted by molar-refractivity contribution is 6.03. The van der Waals surface area contributed by atoms with Crippen molar-refractivity contribution in [3.8, 4) is 11.5 Å². The fourth-order valence-electron chi connectivity index (χ4n) is 11.0. The number of benzene rings is 3. The van der Waals surface area contributed by atoms with Crippen molar-refractivity contribution in [2.24, 2.45) is 28.8 Å². The van der Waals surface area contributed by atoms with Crippen LogP contribution in [0.2, 0.25) is 0 Å². The number of hydrogen-bond acceptors (Lipinski definition) is 9. The summed E-state index contributed by atoms with van der Waals surface area (Å²) in [6, 6.07) is 21.9. The number of ether oxygens (including phenoxy) is 3. The summed E-state index contributed by atoms with van der Waals surface area (Å²) < 4.78 is 35.6. The first-order valence-electron chi connectivity index (χ1n) is 24.0. The fourth-order valence-corrected chi connectivity index (χ4v) is 11.0. The van der Waals surface area contributed by atoms with Gasteiger partial charge in [-0.1, -0.05) is 98.3 Å². The van der Waals surface area contributed by atoms with Crippen molar-refractivity contribution in [2.75, 3.05) is 46.1 Å². The largest absolute Gasteiger partial charge is 0.492 e. The molecule has 2 N–H and O–H groups in total. The minimum Gasteiger partial charge on any atom is -0.492 e. The molecule has 3 aliphatic carbocycles. The summed E-state index contributed by atoms with van der Waals surface area (Å²) in [7, 11) is 0. The maximum absolute atomic E-state index is 15.2. The number of rotatable bonds is 24. The Kier molecular flexibility index (Phi) is 15.9. The third kappa shape index (κ3) is 10.9. The summed E-state index contributed by atoms with van der Waals surface area (Å²) in [5.74, 6) is -0.140. The van der Waals surface area contributed by atoms with Gasteiger partial charge >= 0.3 is 0 Å². The zero-order chi connectivity index (χ0) is 44.3. The Morgan fingerprint density at radius 2 is 1.72 bits per heavy atom. The number of amides is 1. The molecule has 3 aromatic carbocycles. The van der Waals surface area contributed by atoms with Crippen LogP contribution in [0, 0.1) is 29.5 Å². The van der Waals surface area contributed by atoms with Crippen LogP contribution in [0.4, 0.5) is 4.39 Å². The quantitative estimate of drug-likeness (QED) is 0.0397. The fraction of sp³-hybridized carbons (Fsp3) is 0.547. The average Bonchev–Trinajstić information content (AvgIpc) is 3.99. The number of fused-ring (bicyclic) bond motifs is 2. The van der Waals surface area contributed by atoms with Gasteiger partial charge in [-0.3, -0.25) is 9.69 Å². The summed E-state index contributed by atoms with van der Waals surface area (Å²) in [4.78, 5) is 25.7. The second kappa shape index (κ2) is 22.1. The average molecular weight is 878 g/mol. The number of carbonyl (C=O) groups is 1. The molecule has 0 radical (unpaired) electrons. The molecule has 0 unspecified atom stereocenters. The van der Waals surface area contributed by atoms with Crippen molar-refractivity contribution in [1.82, 2.24) is 9.80 Å². The van der Waals surface area contributed by atoms with Gasteiger partial charge in [0, 0.05) is 63.7 Å². The van der Waals surface area contributed by atoms with Gasteiger partial charge in [-0.05, 0) is 96.9 Å². The lowest BCUT2D eigenvalue weighted by atomic mass is 9.55. The molecule has 1 saturated heterocycles. The second-order valence-corrected chi connectivity index (χ2v) is 18.6. The van der Waals surface area contributed by atoms with E-state index in [4.69, 9.17) is 24.2 Å². The van der Waals surface area contributed by atoms with Crippen LogP contribution in [0.5, 0.6) is 11.5 Å². The van der Waals surface area contributed by atoms with E-state index >= 15 is 4.79 Å². The molecule has 2 saturated carbocycles. The predicted molar refractivity (Wildman–Crippen MR) is 246 cm³/mol. The lowest BCUT2D eigenvalue weighted by Crippen LogP contribution is -2.70.